The molecule has 18 heavy (non-hydrogen) atoms. The van der Waals surface area contributed by atoms with Gasteiger partial charge in [-0.05, 0) is 31.9 Å². The van der Waals surface area contributed by atoms with Crippen molar-refractivity contribution in [3.8, 4) is 0 Å². The van der Waals surface area contributed by atoms with Gasteiger partial charge in [0, 0.05) is 6.54 Å². The van der Waals surface area contributed by atoms with E-state index in [1.165, 1.54) is 4.90 Å². The van der Waals surface area contributed by atoms with Gasteiger partial charge in [0.1, 0.15) is 0 Å². The molecule has 0 spiro atoms. The second-order valence-electron chi connectivity index (χ2n) is 4.91. The molecule has 1 heterocycles. The summed E-state index contributed by atoms with van der Waals surface area (Å²) in [5.41, 5.74) is 0.0762. The number of amides is 2. The molecule has 1 N–H and O–H groups in total. The van der Waals surface area contributed by atoms with Crippen molar-refractivity contribution in [2.24, 2.45) is 0 Å². The number of carbonyl (C=O) groups excluding carboxylic acids is 2. The van der Waals surface area contributed by atoms with Crippen LogP contribution in [-0.2, 0) is 0 Å². The molecular formula is C14H17NO3. The van der Waals surface area contributed by atoms with Crippen LogP contribution in [0.1, 0.15) is 47.4 Å². The van der Waals surface area contributed by atoms with Crippen LogP contribution in [0.4, 0.5) is 0 Å². The van der Waals surface area contributed by atoms with Crippen molar-refractivity contribution in [3.63, 3.8) is 0 Å². The Morgan fingerprint density at radius 1 is 1.17 bits per heavy atom. The minimum Gasteiger partial charge on any atom is -0.390 e. The van der Waals surface area contributed by atoms with Crippen molar-refractivity contribution >= 4 is 11.8 Å². The molecule has 0 bridgehead atoms. The molecule has 0 aromatic heterocycles. The summed E-state index contributed by atoms with van der Waals surface area (Å²) < 4.78 is 0. The SMILES string of the molecule is CC[C@@](C)(O)CCN1C(=O)c2ccccc2C1=O. The number of imide groups is 1. The smallest absolute Gasteiger partial charge is 0.261 e. The molecule has 0 aliphatic carbocycles. The van der Waals surface area contributed by atoms with Gasteiger partial charge in [-0.2, -0.15) is 0 Å². The average molecular weight is 247 g/mol. The molecule has 96 valence electrons. The maximum Gasteiger partial charge on any atom is 0.261 e. The fraction of sp³-hybridized carbons (Fsp3) is 0.429. The van der Waals surface area contributed by atoms with E-state index in [1.54, 1.807) is 31.2 Å². The van der Waals surface area contributed by atoms with Crippen LogP contribution in [0.5, 0.6) is 0 Å². The molecule has 4 nitrogen and oxygen atoms in total. The van der Waals surface area contributed by atoms with Gasteiger partial charge in [-0.15, -0.1) is 0 Å². The Hall–Kier alpha value is -1.68. The van der Waals surface area contributed by atoms with E-state index in [-0.39, 0.29) is 18.4 Å². The molecular weight excluding hydrogens is 230 g/mol. The maximum absolute atomic E-state index is 12.0. The van der Waals surface area contributed by atoms with Crippen molar-refractivity contribution in [1.82, 2.24) is 4.90 Å². The van der Waals surface area contributed by atoms with Gasteiger partial charge >= 0.3 is 0 Å². The lowest BCUT2D eigenvalue weighted by Crippen LogP contribution is -2.36. The summed E-state index contributed by atoms with van der Waals surface area (Å²) >= 11 is 0. The highest BCUT2D eigenvalue weighted by molar-refractivity contribution is 6.21. The van der Waals surface area contributed by atoms with Gasteiger partial charge in [-0.25, -0.2) is 0 Å². The topological polar surface area (TPSA) is 57.6 Å². The second kappa shape index (κ2) is 4.53. The van der Waals surface area contributed by atoms with Crippen molar-refractivity contribution in [3.05, 3.63) is 35.4 Å². The Labute approximate surface area is 106 Å². The van der Waals surface area contributed by atoms with Gasteiger partial charge in [0.2, 0.25) is 0 Å². The highest BCUT2D eigenvalue weighted by atomic mass is 16.3. The number of rotatable bonds is 4. The fourth-order valence-corrected chi connectivity index (χ4v) is 1.97. The summed E-state index contributed by atoms with van der Waals surface area (Å²) in [5, 5.41) is 9.92. The highest BCUT2D eigenvalue weighted by Crippen LogP contribution is 2.24. The van der Waals surface area contributed by atoms with Crippen LogP contribution in [-0.4, -0.2) is 34.0 Å². The first-order chi connectivity index (χ1) is 8.46. The largest absolute Gasteiger partial charge is 0.390 e. The normalized spacial score (nSPS) is 17.8. The Morgan fingerprint density at radius 2 is 1.67 bits per heavy atom. The maximum atomic E-state index is 12.0. The molecule has 0 radical (unpaired) electrons. The predicted molar refractivity (Wildman–Crippen MR) is 67.3 cm³/mol. The van der Waals surface area contributed by atoms with Crippen LogP contribution in [0.15, 0.2) is 24.3 Å². The summed E-state index contributed by atoms with van der Waals surface area (Å²) in [5.74, 6) is -0.523. The lowest BCUT2D eigenvalue weighted by molar-refractivity contribution is 0.0339. The van der Waals surface area contributed by atoms with Crippen LogP contribution in [0.3, 0.4) is 0 Å². The molecule has 0 fully saturated rings. The fourth-order valence-electron chi connectivity index (χ4n) is 1.97. The minimum atomic E-state index is -0.838. The van der Waals surface area contributed by atoms with E-state index in [0.29, 0.717) is 24.0 Å². The van der Waals surface area contributed by atoms with E-state index in [2.05, 4.69) is 0 Å². The monoisotopic (exact) mass is 247 g/mol. The Morgan fingerprint density at radius 3 is 2.11 bits per heavy atom. The zero-order valence-electron chi connectivity index (χ0n) is 10.6. The van der Waals surface area contributed by atoms with Crippen LogP contribution >= 0.6 is 0 Å². The molecule has 1 atom stereocenters. The number of fused-ring (bicyclic) bond motifs is 1. The first kappa shape index (κ1) is 12.8. The zero-order valence-corrected chi connectivity index (χ0v) is 10.6. The van der Waals surface area contributed by atoms with Gasteiger partial charge in [-0.3, -0.25) is 14.5 Å². The lowest BCUT2D eigenvalue weighted by Gasteiger charge is -2.24. The third-order valence-corrected chi connectivity index (χ3v) is 3.51. The Kier molecular flexibility index (Phi) is 3.22. The van der Waals surface area contributed by atoms with Crippen molar-refractivity contribution in [2.75, 3.05) is 6.54 Å². The summed E-state index contributed by atoms with van der Waals surface area (Å²) in [6.07, 6.45) is 0.991. The summed E-state index contributed by atoms with van der Waals surface area (Å²) in [6.45, 7) is 3.85. The highest BCUT2D eigenvalue weighted by Gasteiger charge is 2.35. The standard InChI is InChI=1S/C14H17NO3/c1-3-14(2,18)8-9-15-12(16)10-6-4-5-7-11(10)13(15)17/h4-7,18H,3,8-9H2,1-2H3/t14-/m1/s1. The average Bonchev–Trinajstić information content (AvgIpc) is 2.61. The number of hydrogen-bond acceptors (Lipinski definition) is 3. The molecule has 4 heteroatoms. The van der Waals surface area contributed by atoms with E-state index in [9.17, 15) is 14.7 Å². The molecule has 1 aromatic carbocycles. The number of aliphatic hydroxyl groups is 1. The van der Waals surface area contributed by atoms with E-state index >= 15 is 0 Å². The number of benzene rings is 1. The Balaban J connectivity index is 2.14. The lowest BCUT2D eigenvalue weighted by atomic mass is 9.99. The number of carbonyl (C=O) groups is 2. The molecule has 1 aliphatic rings. The van der Waals surface area contributed by atoms with E-state index in [1.807, 2.05) is 6.92 Å². The van der Waals surface area contributed by atoms with Crippen molar-refractivity contribution in [2.45, 2.75) is 32.3 Å². The van der Waals surface area contributed by atoms with Gasteiger partial charge in [0.05, 0.1) is 16.7 Å². The molecule has 1 aromatic rings. The first-order valence-corrected chi connectivity index (χ1v) is 6.14. The minimum absolute atomic E-state index is 0.257. The molecule has 2 rings (SSSR count). The Bertz CT molecular complexity index is 459. The van der Waals surface area contributed by atoms with Gasteiger partial charge in [-0.1, -0.05) is 19.1 Å². The van der Waals surface area contributed by atoms with Gasteiger partial charge in [0.25, 0.3) is 11.8 Å². The van der Waals surface area contributed by atoms with Gasteiger partial charge < -0.3 is 5.11 Å². The van der Waals surface area contributed by atoms with E-state index in [4.69, 9.17) is 0 Å². The first-order valence-electron chi connectivity index (χ1n) is 6.14. The van der Waals surface area contributed by atoms with E-state index < -0.39 is 5.60 Å². The quantitative estimate of drug-likeness (QED) is 0.826. The zero-order chi connectivity index (χ0) is 13.3. The number of nitrogens with zero attached hydrogens (tertiary/aromatic N) is 1. The van der Waals surface area contributed by atoms with E-state index in [0.717, 1.165) is 0 Å². The van der Waals surface area contributed by atoms with Gasteiger partial charge in [0.15, 0.2) is 0 Å². The summed E-state index contributed by atoms with van der Waals surface area (Å²) in [6, 6.07) is 6.81. The van der Waals surface area contributed by atoms with Crippen LogP contribution < -0.4 is 0 Å². The van der Waals surface area contributed by atoms with Crippen LogP contribution in [0, 0.1) is 0 Å². The summed E-state index contributed by atoms with van der Waals surface area (Å²) in [4.78, 5) is 25.3. The van der Waals surface area contributed by atoms with Crippen LogP contribution in [0.25, 0.3) is 0 Å². The molecule has 0 saturated heterocycles. The molecule has 2 amide bonds. The third-order valence-electron chi connectivity index (χ3n) is 3.51. The predicted octanol–water partition coefficient (Wildman–Crippen LogP) is 1.83. The number of hydrogen-bond donors (Lipinski definition) is 1. The third kappa shape index (κ3) is 2.16. The van der Waals surface area contributed by atoms with Crippen LogP contribution in [0.2, 0.25) is 0 Å². The molecule has 0 unspecified atom stereocenters. The summed E-state index contributed by atoms with van der Waals surface area (Å²) in [7, 11) is 0. The van der Waals surface area contributed by atoms with Crippen molar-refractivity contribution < 1.29 is 14.7 Å². The molecule has 0 saturated carbocycles. The molecule has 1 aliphatic heterocycles. The van der Waals surface area contributed by atoms with Crippen molar-refractivity contribution in [1.29, 1.82) is 0 Å². The second-order valence-corrected chi connectivity index (χ2v) is 4.91.